The largest absolute Gasteiger partial charge is 0.497 e. The Kier molecular flexibility index (Phi) is 5.98. The summed E-state index contributed by atoms with van der Waals surface area (Å²) in [6, 6.07) is 11.1. The monoisotopic (exact) mass is 386 g/mol. The van der Waals surface area contributed by atoms with Crippen molar-refractivity contribution in [1.29, 1.82) is 0 Å². The molecule has 0 spiro atoms. The highest BCUT2D eigenvalue weighted by atomic mass is 16.6. The van der Waals surface area contributed by atoms with E-state index in [-0.39, 0.29) is 24.2 Å². The van der Waals surface area contributed by atoms with Crippen molar-refractivity contribution in [2.45, 2.75) is 18.9 Å². The van der Waals surface area contributed by atoms with Crippen LogP contribution in [0.3, 0.4) is 0 Å². The van der Waals surface area contributed by atoms with Crippen molar-refractivity contribution in [3.8, 4) is 17.2 Å². The number of nitro groups is 1. The van der Waals surface area contributed by atoms with Crippen LogP contribution >= 0.6 is 0 Å². The maximum Gasteiger partial charge on any atom is 0.269 e. The van der Waals surface area contributed by atoms with Crippen molar-refractivity contribution >= 4 is 11.6 Å². The van der Waals surface area contributed by atoms with Gasteiger partial charge in [-0.25, -0.2) is 0 Å². The van der Waals surface area contributed by atoms with Crippen molar-refractivity contribution in [2.24, 2.45) is 0 Å². The summed E-state index contributed by atoms with van der Waals surface area (Å²) < 4.78 is 16.3. The number of amides is 1. The second kappa shape index (κ2) is 8.60. The third kappa shape index (κ3) is 4.16. The van der Waals surface area contributed by atoms with E-state index in [1.165, 1.54) is 24.3 Å². The van der Waals surface area contributed by atoms with Gasteiger partial charge in [-0.1, -0.05) is 0 Å². The molecule has 8 heteroatoms. The van der Waals surface area contributed by atoms with Crippen LogP contribution in [0.15, 0.2) is 42.5 Å². The molecule has 1 aliphatic heterocycles. The van der Waals surface area contributed by atoms with Gasteiger partial charge in [0.15, 0.2) is 6.61 Å². The Hall–Kier alpha value is -3.29. The molecule has 2 aromatic rings. The van der Waals surface area contributed by atoms with Gasteiger partial charge >= 0.3 is 0 Å². The molecule has 1 heterocycles. The number of methoxy groups -OCH3 is 2. The van der Waals surface area contributed by atoms with Gasteiger partial charge < -0.3 is 19.1 Å². The summed E-state index contributed by atoms with van der Waals surface area (Å²) >= 11 is 0. The average Bonchev–Trinajstić information content (AvgIpc) is 3.21. The maximum absolute atomic E-state index is 12.8. The van der Waals surface area contributed by atoms with Crippen molar-refractivity contribution in [2.75, 3.05) is 27.4 Å². The molecule has 0 saturated carbocycles. The minimum Gasteiger partial charge on any atom is -0.497 e. The summed E-state index contributed by atoms with van der Waals surface area (Å²) in [6.45, 7) is 0.494. The summed E-state index contributed by atoms with van der Waals surface area (Å²) in [5, 5.41) is 10.7. The number of carbonyl (C=O) groups excluding carboxylic acids is 1. The number of nitro benzene ring substituents is 1. The average molecular weight is 386 g/mol. The van der Waals surface area contributed by atoms with Gasteiger partial charge in [-0.2, -0.15) is 0 Å². The summed E-state index contributed by atoms with van der Waals surface area (Å²) in [5.41, 5.74) is 0.881. The van der Waals surface area contributed by atoms with E-state index in [2.05, 4.69) is 0 Å². The van der Waals surface area contributed by atoms with Gasteiger partial charge in [-0.05, 0) is 43.2 Å². The van der Waals surface area contributed by atoms with E-state index >= 15 is 0 Å². The maximum atomic E-state index is 12.8. The zero-order chi connectivity index (χ0) is 20.1. The second-order valence-electron chi connectivity index (χ2n) is 6.39. The van der Waals surface area contributed by atoms with Crippen LogP contribution in [0.5, 0.6) is 17.2 Å². The number of rotatable bonds is 7. The van der Waals surface area contributed by atoms with E-state index in [1.807, 2.05) is 18.2 Å². The highest BCUT2D eigenvalue weighted by Gasteiger charge is 2.32. The first-order chi connectivity index (χ1) is 13.5. The Bertz CT molecular complexity index is 852. The second-order valence-corrected chi connectivity index (χ2v) is 6.39. The molecule has 1 aliphatic rings. The smallest absolute Gasteiger partial charge is 0.269 e. The van der Waals surface area contributed by atoms with E-state index in [4.69, 9.17) is 14.2 Å². The van der Waals surface area contributed by atoms with Gasteiger partial charge in [0.1, 0.15) is 17.2 Å². The summed E-state index contributed by atoms with van der Waals surface area (Å²) in [6.07, 6.45) is 1.71. The minimum atomic E-state index is -0.481. The normalized spacial score (nSPS) is 15.9. The molecule has 0 unspecified atom stereocenters. The Labute approximate surface area is 162 Å². The van der Waals surface area contributed by atoms with Crippen molar-refractivity contribution in [1.82, 2.24) is 4.90 Å². The predicted octanol–water partition coefficient (Wildman–Crippen LogP) is 3.35. The van der Waals surface area contributed by atoms with E-state index < -0.39 is 4.92 Å². The zero-order valence-electron chi connectivity index (χ0n) is 15.8. The van der Waals surface area contributed by atoms with Crippen LogP contribution in [0, 0.1) is 10.1 Å². The molecular formula is C20H22N2O6. The van der Waals surface area contributed by atoms with Crippen LogP contribution < -0.4 is 14.2 Å². The van der Waals surface area contributed by atoms with Crippen molar-refractivity contribution < 1.29 is 23.9 Å². The number of hydrogen-bond donors (Lipinski definition) is 0. The number of likely N-dealkylation sites (tertiary alicyclic amines) is 1. The Morgan fingerprint density at radius 2 is 1.86 bits per heavy atom. The molecule has 1 fully saturated rings. The van der Waals surface area contributed by atoms with Crippen LogP contribution in [0.1, 0.15) is 24.4 Å². The Balaban J connectivity index is 1.70. The summed E-state index contributed by atoms with van der Waals surface area (Å²) in [5.74, 6) is 1.68. The lowest BCUT2D eigenvalue weighted by molar-refractivity contribution is -0.384. The van der Waals surface area contributed by atoms with E-state index in [1.54, 1.807) is 19.1 Å². The standard InChI is InChI=1S/C20H22N2O6/c1-26-16-9-10-19(27-2)17(12-16)18-4-3-11-21(18)20(23)13-28-15-7-5-14(6-8-15)22(24)25/h5-10,12,18H,3-4,11,13H2,1-2H3/t18-/m1/s1. The van der Waals surface area contributed by atoms with Crippen LogP contribution in [0.2, 0.25) is 0 Å². The van der Waals surface area contributed by atoms with Crippen molar-refractivity contribution in [3.05, 3.63) is 58.1 Å². The fraction of sp³-hybridized carbons (Fsp3) is 0.350. The Morgan fingerprint density at radius 3 is 2.50 bits per heavy atom. The lowest BCUT2D eigenvalue weighted by Gasteiger charge is -2.26. The van der Waals surface area contributed by atoms with Gasteiger partial charge in [-0.3, -0.25) is 14.9 Å². The van der Waals surface area contributed by atoms with Gasteiger partial charge in [-0.15, -0.1) is 0 Å². The van der Waals surface area contributed by atoms with Gasteiger partial charge in [0.2, 0.25) is 0 Å². The molecule has 2 aromatic carbocycles. The fourth-order valence-corrected chi connectivity index (χ4v) is 3.38. The van der Waals surface area contributed by atoms with Gasteiger partial charge in [0.05, 0.1) is 25.2 Å². The molecule has 0 aromatic heterocycles. The molecular weight excluding hydrogens is 364 g/mol. The molecule has 8 nitrogen and oxygen atoms in total. The lowest BCUT2D eigenvalue weighted by atomic mass is 10.0. The number of non-ortho nitro benzene ring substituents is 1. The SMILES string of the molecule is COc1ccc(OC)c([C@H]2CCCN2C(=O)COc2ccc([N+](=O)[O-])cc2)c1. The van der Waals surface area contributed by atoms with Gasteiger partial charge in [0, 0.05) is 24.2 Å². The van der Waals surface area contributed by atoms with E-state index in [0.717, 1.165) is 18.4 Å². The number of ether oxygens (including phenoxy) is 3. The first-order valence-electron chi connectivity index (χ1n) is 8.92. The third-order valence-electron chi connectivity index (χ3n) is 4.78. The molecule has 0 aliphatic carbocycles. The zero-order valence-corrected chi connectivity index (χ0v) is 15.8. The first-order valence-corrected chi connectivity index (χ1v) is 8.92. The van der Waals surface area contributed by atoms with E-state index in [0.29, 0.717) is 23.8 Å². The van der Waals surface area contributed by atoms with E-state index in [9.17, 15) is 14.9 Å². The van der Waals surface area contributed by atoms with Crippen LogP contribution in [-0.2, 0) is 4.79 Å². The van der Waals surface area contributed by atoms with Crippen LogP contribution in [-0.4, -0.2) is 43.1 Å². The first kappa shape index (κ1) is 19.5. The third-order valence-corrected chi connectivity index (χ3v) is 4.78. The van der Waals surface area contributed by atoms with Crippen LogP contribution in [0.25, 0.3) is 0 Å². The predicted molar refractivity (Wildman–Crippen MR) is 102 cm³/mol. The summed E-state index contributed by atoms with van der Waals surface area (Å²) in [7, 11) is 3.20. The molecule has 148 valence electrons. The molecule has 3 rings (SSSR count). The molecule has 1 atom stereocenters. The molecule has 0 N–H and O–H groups in total. The highest BCUT2D eigenvalue weighted by Crippen LogP contribution is 2.39. The van der Waals surface area contributed by atoms with Gasteiger partial charge in [0.25, 0.3) is 11.6 Å². The van der Waals surface area contributed by atoms with Crippen LogP contribution in [0.4, 0.5) is 5.69 Å². The molecule has 0 bridgehead atoms. The molecule has 1 amide bonds. The number of benzene rings is 2. The molecule has 1 saturated heterocycles. The lowest BCUT2D eigenvalue weighted by Crippen LogP contribution is -2.34. The number of nitrogens with zero attached hydrogens (tertiary/aromatic N) is 2. The summed E-state index contributed by atoms with van der Waals surface area (Å²) in [4.78, 5) is 24.8. The highest BCUT2D eigenvalue weighted by molar-refractivity contribution is 5.78. The minimum absolute atomic E-state index is 0.0246. The molecule has 0 radical (unpaired) electrons. The number of carbonyl (C=O) groups is 1. The quantitative estimate of drug-likeness (QED) is 0.535. The van der Waals surface area contributed by atoms with Crippen molar-refractivity contribution in [3.63, 3.8) is 0 Å². The molecule has 28 heavy (non-hydrogen) atoms. The number of hydrogen-bond acceptors (Lipinski definition) is 6. The Morgan fingerprint density at radius 1 is 1.14 bits per heavy atom. The topological polar surface area (TPSA) is 91.1 Å². The fourth-order valence-electron chi connectivity index (χ4n) is 3.38.